The number of hydrogen-bond donors (Lipinski definition) is 2. The van der Waals surface area contributed by atoms with E-state index in [0.29, 0.717) is 24.5 Å². The second kappa shape index (κ2) is 11.7. The fraction of sp³-hybridized carbons (Fsp3) is 0.667. The Balaban J connectivity index is 1.76. The normalized spacial score (nSPS) is 22.0. The zero-order valence-electron chi connectivity index (χ0n) is 16.7. The third kappa shape index (κ3) is 7.33. The number of carboxylic acids is 1. The average molecular weight is 426 g/mol. The summed E-state index contributed by atoms with van der Waals surface area (Å²) in [5.74, 6) is 0.992. The van der Waals surface area contributed by atoms with Gasteiger partial charge >= 0.3 is 5.97 Å². The summed E-state index contributed by atoms with van der Waals surface area (Å²) in [5, 5.41) is 20.6. The Morgan fingerprint density at radius 1 is 1.46 bits per heavy atom. The summed E-state index contributed by atoms with van der Waals surface area (Å²) >= 11 is 2.85. The molecule has 1 aliphatic rings. The van der Waals surface area contributed by atoms with Crippen LogP contribution in [0.15, 0.2) is 21.9 Å². The van der Waals surface area contributed by atoms with E-state index in [1.165, 1.54) is 23.1 Å². The van der Waals surface area contributed by atoms with E-state index in [9.17, 15) is 14.7 Å². The van der Waals surface area contributed by atoms with Crippen molar-refractivity contribution in [1.29, 1.82) is 0 Å². The van der Waals surface area contributed by atoms with Gasteiger partial charge in [0.15, 0.2) is 10.0 Å². The predicted molar refractivity (Wildman–Crippen MR) is 114 cm³/mol. The molecule has 1 heterocycles. The molecule has 1 aromatic heterocycles. The molecule has 4 atom stereocenters. The van der Waals surface area contributed by atoms with E-state index in [1.807, 2.05) is 6.08 Å². The molecule has 2 N–H and O–H groups in total. The number of aromatic nitrogens is 1. The van der Waals surface area contributed by atoms with E-state index in [-0.39, 0.29) is 23.6 Å². The number of thiazole rings is 1. The smallest absolute Gasteiger partial charge is 0.355 e. The van der Waals surface area contributed by atoms with Crippen LogP contribution in [-0.4, -0.2) is 38.8 Å². The fourth-order valence-electron chi connectivity index (χ4n) is 3.44. The van der Waals surface area contributed by atoms with Gasteiger partial charge in [0.25, 0.3) is 0 Å². The number of carbonyl (C=O) groups is 2. The minimum absolute atomic E-state index is 0.0277. The van der Waals surface area contributed by atoms with E-state index >= 15 is 0 Å². The maximum atomic E-state index is 12.2. The van der Waals surface area contributed by atoms with E-state index in [4.69, 9.17) is 5.11 Å². The van der Waals surface area contributed by atoms with Crippen molar-refractivity contribution in [3.05, 3.63) is 23.2 Å². The van der Waals surface area contributed by atoms with Crippen LogP contribution in [0.1, 0.15) is 69.3 Å². The average Bonchev–Trinajstić information content (AvgIpc) is 3.28. The van der Waals surface area contributed by atoms with Gasteiger partial charge in [-0.25, -0.2) is 9.78 Å². The molecule has 0 amide bonds. The van der Waals surface area contributed by atoms with E-state index in [0.717, 1.165) is 42.2 Å². The molecule has 0 unspecified atom stereocenters. The SMILES string of the molecule is CC[C@H](C)CC[C@H](O)C/C=C/[C@@H]1CCC(=O)[C@@H]1CCSc1nc(C(=O)O)cs1. The molecule has 0 aromatic carbocycles. The van der Waals surface area contributed by atoms with Crippen molar-refractivity contribution < 1.29 is 19.8 Å². The number of thioether (sulfide) groups is 1. The number of hydrogen-bond acceptors (Lipinski definition) is 6. The first-order valence-electron chi connectivity index (χ1n) is 10.1. The Hall–Kier alpha value is -1.18. The van der Waals surface area contributed by atoms with Crippen LogP contribution >= 0.6 is 23.1 Å². The number of allylic oxidation sites excluding steroid dienone is 1. The molecule has 5 nitrogen and oxygen atoms in total. The molecule has 1 fully saturated rings. The molecule has 28 heavy (non-hydrogen) atoms. The van der Waals surface area contributed by atoms with E-state index < -0.39 is 5.97 Å². The number of ketones is 1. The van der Waals surface area contributed by atoms with Crippen molar-refractivity contribution in [2.75, 3.05) is 5.75 Å². The molecule has 0 radical (unpaired) electrons. The van der Waals surface area contributed by atoms with Crippen molar-refractivity contribution in [3.63, 3.8) is 0 Å². The number of aromatic carboxylic acids is 1. The van der Waals surface area contributed by atoms with Gasteiger partial charge in [0.1, 0.15) is 5.78 Å². The number of nitrogens with zero attached hydrogens (tertiary/aromatic N) is 1. The minimum Gasteiger partial charge on any atom is -0.476 e. The summed E-state index contributed by atoms with van der Waals surface area (Å²) in [6, 6.07) is 0. The Morgan fingerprint density at radius 3 is 2.93 bits per heavy atom. The van der Waals surface area contributed by atoms with Crippen LogP contribution in [-0.2, 0) is 4.79 Å². The molecular weight excluding hydrogens is 394 g/mol. The molecule has 1 saturated carbocycles. The van der Waals surface area contributed by atoms with Crippen LogP contribution in [0.2, 0.25) is 0 Å². The lowest BCUT2D eigenvalue weighted by Gasteiger charge is -2.15. The molecule has 0 spiro atoms. The zero-order valence-corrected chi connectivity index (χ0v) is 18.3. The van der Waals surface area contributed by atoms with E-state index in [2.05, 4.69) is 24.9 Å². The Labute approximate surface area is 175 Å². The monoisotopic (exact) mass is 425 g/mol. The fourth-order valence-corrected chi connectivity index (χ4v) is 5.34. The van der Waals surface area contributed by atoms with Crippen molar-refractivity contribution in [1.82, 2.24) is 4.98 Å². The molecule has 1 aromatic rings. The van der Waals surface area contributed by atoms with Gasteiger partial charge in [-0.05, 0) is 43.9 Å². The minimum atomic E-state index is -1.01. The van der Waals surface area contributed by atoms with Crippen LogP contribution in [0, 0.1) is 17.8 Å². The Kier molecular flexibility index (Phi) is 9.68. The highest BCUT2D eigenvalue weighted by molar-refractivity contribution is 8.01. The predicted octanol–water partition coefficient (Wildman–Crippen LogP) is 5.05. The van der Waals surface area contributed by atoms with Crippen LogP contribution in [0.25, 0.3) is 0 Å². The molecule has 1 aliphatic carbocycles. The van der Waals surface area contributed by atoms with Gasteiger partial charge in [0.05, 0.1) is 6.10 Å². The van der Waals surface area contributed by atoms with Crippen LogP contribution in [0.5, 0.6) is 0 Å². The van der Waals surface area contributed by atoms with Gasteiger partial charge in [-0.3, -0.25) is 4.79 Å². The maximum absolute atomic E-state index is 12.2. The topological polar surface area (TPSA) is 87.5 Å². The van der Waals surface area contributed by atoms with Gasteiger partial charge in [-0.2, -0.15) is 0 Å². The Bertz CT molecular complexity index is 673. The molecule has 0 aliphatic heterocycles. The number of carbonyl (C=O) groups excluding carboxylic acids is 1. The highest BCUT2D eigenvalue weighted by Crippen LogP contribution is 2.35. The first-order chi connectivity index (χ1) is 13.4. The van der Waals surface area contributed by atoms with Gasteiger partial charge in [0.2, 0.25) is 0 Å². The van der Waals surface area contributed by atoms with Gasteiger partial charge in [-0.1, -0.05) is 44.2 Å². The third-order valence-corrected chi connectivity index (χ3v) is 7.55. The standard InChI is InChI=1S/C21H31NO4S2/c1-3-14(2)7-9-16(23)6-4-5-15-8-10-19(24)17(15)11-12-27-21-22-18(13-28-21)20(25)26/h4-5,13-17,23H,3,6-12H2,1-2H3,(H,25,26)/b5-4+/t14-,15+,16+,17+/m0/s1. The third-order valence-electron chi connectivity index (χ3n) is 5.49. The quantitative estimate of drug-likeness (QED) is 0.360. The highest BCUT2D eigenvalue weighted by atomic mass is 32.2. The van der Waals surface area contributed by atoms with Gasteiger partial charge in [0, 0.05) is 23.5 Å². The second-order valence-electron chi connectivity index (χ2n) is 7.62. The summed E-state index contributed by atoms with van der Waals surface area (Å²) in [5.41, 5.74) is 0.0807. The zero-order chi connectivity index (χ0) is 20.5. The summed E-state index contributed by atoms with van der Waals surface area (Å²) in [6.45, 7) is 4.38. The molecule has 2 rings (SSSR count). The first-order valence-corrected chi connectivity index (χ1v) is 12.0. The lowest BCUT2D eigenvalue weighted by Crippen LogP contribution is -2.14. The molecule has 0 bridgehead atoms. The molecule has 156 valence electrons. The van der Waals surface area contributed by atoms with Crippen molar-refractivity contribution in [2.24, 2.45) is 17.8 Å². The Morgan fingerprint density at radius 2 is 2.25 bits per heavy atom. The number of aliphatic hydroxyl groups excluding tert-OH is 1. The van der Waals surface area contributed by atoms with Crippen LogP contribution < -0.4 is 0 Å². The van der Waals surface area contributed by atoms with Gasteiger partial charge in [-0.15, -0.1) is 11.3 Å². The van der Waals surface area contributed by atoms with Crippen LogP contribution in [0.3, 0.4) is 0 Å². The van der Waals surface area contributed by atoms with E-state index in [1.54, 1.807) is 5.38 Å². The molecular formula is C21H31NO4S2. The van der Waals surface area contributed by atoms with Crippen molar-refractivity contribution in [2.45, 2.75) is 69.2 Å². The van der Waals surface area contributed by atoms with Crippen LogP contribution in [0.4, 0.5) is 0 Å². The number of carboxylic acid groups (broad SMARTS) is 1. The lowest BCUT2D eigenvalue weighted by molar-refractivity contribution is -0.121. The molecule has 0 saturated heterocycles. The summed E-state index contributed by atoms with van der Waals surface area (Å²) < 4.78 is 0.736. The second-order valence-corrected chi connectivity index (χ2v) is 9.82. The van der Waals surface area contributed by atoms with Gasteiger partial charge < -0.3 is 10.2 Å². The van der Waals surface area contributed by atoms with Crippen molar-refractivity contribution >= 4 is 34.9 Å². The first kappa shape index (κ1) is 23.1. The number of Topliss-reactive ketones (excluding diaryl/α,β-unsaturated/α-hetero) is 1. The summed E-state index contributed by atoms with van der Waals surface area (Å²) in [4.78, 5) is 27.2. The summed E-state index contributed by atoms with van der Waals surface area (Å²) in [6.07, 6.45) is 9.83. The molecule has 7 heteroatoms. The lowest BCUT2D eigenvalue weighted by atomic mass is 9.92. The summed E-state index contributed by atoms with van der Waals surface area (Å²) in [7, 11) is 0. The number of aliphatic hydroxyl groups is 1. The maximum Gasteiger partial charge on any atom is 0.355 e. The van der Waals surface area contributed by atoms with Crippen molar-refractivity contribution in [3.8, 4) is 0 Å². The number of rotatable bonds is 12. The largest absolute Gasteiger partial charge is 0.476 e. The highest BCUT2D eigenvalue weighted by Gasteiger charge is 2.32.